The van der Waals surface area contributed by atoms with E-state index in [-0.39, 0.29) is 12.5 Å². The van der Waals surface area contributed by atoms with Crippen molar-refractivity contribution >= 4 is 28.0 Å². The van der Waals surface area contributed by atoms with Crippen molar-refractivity contribution in [2.75, 3.05) is 24.5 Å². The Kier molecular flexibility index (Phi) is 2.49. The predicted molar refractivity (Wildman–Crippen MR) is 64.2 cm³/mol. The van der Waals surface area contributed by atoms with Gasteiger partial charge in [-0.15, -0.1) is 11.3 Å². The lowest BCUT2D eigenvalue weighted by atomic mass is 10.3. The van der Waals surface area contributed by atoms with Crippen LogP contribution >= 0.6 is 11.3 Å². The lowest BCUT2D eigenvalue weighted by Gasteiger charge is -2.27. The molecule has 0 spiro atoms. The summed E-state index contributed by atoms with van der Waals surface area (Å²) >= 11 is 1.52. The number of nitrogens with zero attached hydrogens (tertiary/aromatic N) is 3. The number of thiazole rings is 1. The molecule has 1 amide bonds. The number of aliphatic hydroxyl groups is 1. The fourth-order valence-corrected chi connectivity index (χ4v) is 2.77. The first-order chi connectivity index (χ1) is 8.29. The Labute approximate surface area is 101 Å². The minimum absolute atomic E-state index is 0.00325. The Balaban J connectivity index is 2.03. The maximum Gasteiger partial charge on any atom is 0.239 e. The fraction of sp³-hybridized carbons (Fsp3) is 0.400. The van der Waals surface area contributed by atoms with Gasteiger partial charge in [0.1, 0.15) is 0 Å². The molecule has 0 unspecified atom stereocenters. The number of fused-ring (bicyclic) bond motifs is 1. The van der Waals surface area contributed by atoms with Gasteiger partial charge >= 0.3 is 0 Å². The van der Waals surface area contributed by atoms with E-state index in [0.29, 0.717) is 18.9 Å². The van der Waals surface area contributed by atoms with Crippen LogP contribution in [0.1, 0.15) is 5.69 Å². The highest BCUT2D eigenvalue weighted by atomic mass is 32.1. The Morgan fingerprint density at radius 1 is 1.59 bits per heavy atom. The Hall–Kier alpha value is -1.60. The SMILES string of the molecule is O=C1CN(c2nc3sccn3c2CO)CCN1. The number of aromatic nitrogens is 2. The van der Waals surface area contributed by atoms with Crippen LogP contribution in [0.3, 0.4) is 0 Å². The van der Waals surface area contributed by atoms with Crippen molar-refractivity contribution in [3.63, 3.8) is 0 Å². The maximum atomic E-state index is 11.4. The summed E-state index contributed by atoms with van der Waals surface area (Å²) in [4.78, 5) is 18.6. The van der Waals surface area contributed by atoms with E-state index in [2.05, 4.69) is 10.3 Å². The van der Waals surface area contributed by atoms with E-state index in [1.807, 2.05) is 20.9 Å². The highest BCUT2D eigenvalue weighted by Crippen LogP contribution is 2.24. The van der Waals surface area contributed by atoms with Crippen LogP contribution in [0.5, 0.6) is 0 Å². The van der Waals surface area contributed by atoms with Gasteiger partial charge in [0.2, 0.25) is 5.91 Å². The average Bonchev–Trinajstić information content (AvgIpc) is 2.88. The normalized spacial score (nSPS) is 16.5. The molecule has 3 rings (SSSR count). The van der Waals surface area contributed by atoms with E-state index in [0.717, 1.165) is 17.2 Å². The fourth-order valence-electron chi connectivity index (χ4n) is 2.04. The summed E-state index contributed by atoms with van der Waals surface area (Å²) in [6.07, 6.45) is 1.88. The summed E-state index contributed by atoms with van der Waals surface area (Å²) in [6, 6.07) is 0. The van der Waals surface area contributed by atoms with Crippen LogP contribution in [0.25, 0.3) is 4.96 Å². The summed E-state index contributed by atoms with van der Waals surface area (Å²) in [5, 5.41) is 14.1. The first kappa shape index (κ1) is 10.5. The maximum absolute atomic E-state index is 11.4. The molecule has 1 aliphatic heterocycles. The Morgan fingerprint density at radius 3 is 3.24 bits per heavy atom. The number of amides is 1. The smallest absolute Gasteiger partial charge is 0.239 e. The lowest BCUT2D eigenvalue weighted by molar-refractivity contribution is -0.120. The number of aliphatic hydroxyl groups excluding tert-OH is 1. The Bertz CT molecular complexity index is 562. The molecule has 90 valence electrons. The van der Waals surface area contributed by atoms with E-state index < -0.39 is 0 Å². The van der Waals surface area contributed by atoms with Gasteiger partial charge in [0.05, 0.1) is 18.8 Å². The zero-order valence-corrected chi connectivity index (χ0v) is 9.90. The second kappa shape index (κ2) is 4.01. The molecule has 0 aromatic carbocycles. The van der Waals surface area contributed by atoms with E-state index >= 15 is 0 Å². The molecule has 0 radical (unpaired) electrons. The number of anilines is 1. The van der Waals surface area contributed by atoms with Crippen LogP contribution in [0, 0.1) is 0 Å². The molecular weight excluding hydrogens is 240 g/mol. The van der Waals surface area contributed by atoms with Crippen molar-refractivity contribution in [2.24, 2.45) is 0 Å². The molecule has 17 heavy (non-hydrogen) atoms. The second-order valence-electron chi connectivity index (χ2n) is 3.87. The number of imidazole rings is 1. The van der Waals surface area contributed by atoms with Crippen LogP contribution in [0.2, 0.25) is 0 Å². The van der Waals surface area contributed by atoms with Gasteiger partial charge in [-0.05, 0) is 0 Å². The molecule has 0 atom stereocenters. The van der Waals surface area contributed by atoms with E-state index in [1.54, 1.807) is 0 Å². The molecule has 0 bridgehead atoms. The molecule has 1 aliphatic rings. The first-order valence-electron chi connectivity index (χ1n) is 5.36. The molecule has 3 heterocycles. The third-order valence-electron chi connectivity index (χ3n) is 2.83. The number of carbonyl (C=O) groups is 1. The quantitative estimate of drug-likeness (QED) is 0.778. The van der Waals surface area contributed by atoms with Gasteiger partial charge in [-0.1, -0.05) is 0 Å². The summed E-state index contributed by atoms with van der Waals surface area (Å²) in [5.74, 6) is 0.714. The third-order valence-corrected chi connectivity index (χ3v) is 3.58. The predicted octanol–water partition coefficient (Wildman–Crippen LogP) is -0.176. The molecule has 0 aliphatic carbocycles. The van der Waals surface area contributed by atoms with Gasteiger partial charge in [0, 0.05) is 24.7 Å². The highest BCUT2D eigenvalue weighted by molar-refractivity contribution is 7.15. The van der Waals surface area contributed by atoms with E-state index in [4.69, 9.17) is 0 Å². The lowest BCUT2D eigenvalue weighted by Crippen LogP contribution is -2.48. The molecule has 0 saturated carbocycles. The van der Waals surface area contributed by atoms with E-state index in [9.17, 15) is 9.90 Å². The summed E-state index contributed by atoms with van der Waals surface area (Å²) in [6.45, 7) is 1.57. The van der Waals surface area contributed by atoms with Gasteiger partial charge in [0.25, 0.3) is 0 Å². The molecule has 2 N–H and O–H groups in total. The van der Waals surface area contributed by atoms with Crippen molar-refractivity contribution in [1.29, 1.82) is 0 Å². The van der Waals surface area contributed by atoms with Crippen LogP contribution < -0.4 is 10.2 Å². The number of nitrogens with one attached hydrogen (secondary N) is 1. The number of piperazine rings is 1. The van der Waals surface area contributed by atoms with Crippen molar-refractivity contribution in [2.45, 2.75) is 6.61 Å². The van der Waals surface area contributed by atoms with E-state index in [1.165, 1.54) is 11.3 Å². The van der Waals surface area contributed by atoms with Crippen molar-refractivity contribution < 1.29 is 9.90 Å². The third kappa shape index (κ3) is 1.67. The van der Waals surface area contributed by atoms with Crippen molar-refractivity contribution in [3.05, 3.63) is 17.3 Å². The van der Waals surface area contributed by atoms with Gasteiger partial charge in [-0.3, -0.25) is 9.20 Å². The van der Waals surface area contributed by atoms with Gasteiger partial charge in [-0.2, -0.15) is 0 Å². The monoisotopic (exact) mass is 252 g/mol. The van der Waals surface area contributed by atoms with Gasteiger partial charge in [0.15, 0.2) is 10.8 Å². The second-order valence-corrected chi connectivity index (χ2v) is 4.74. The zero-order valence-electron chi connectivity index (χ0n) is 9.09. The number of rotatable bonds is 2. The average molecular weight is 252 g/mol. The molecule has 2 aromatic heterocycles. The molecule has 2 aromatic rings. The minimum atomic E-state index is -0.0780. The summed E-state index contributed by atoms with van der Waals surface area (Å²) in [5.41, 5.74) is 0.746. The van der Waals surface area contributed by atoms with Gasteiger partial charge < -0.3 is 15.3 Å². The van der Waals surface area contributed by atoms with Gasteiger partial charge in [-0.25, -0.2) is 4.98 Å². The number of carbonyl (C=O) groups excluding carboxylic acids is 1. The highest BCUT2D eigenvalue weighted by Gasteiger charge is 2.23. The molecule has 1 saturated heterocycles. The van der Waals surface area contributed by atoms with Crippen LogP contribution in [-0.4, -0.2) is 40.0 Å². The zero-order chi connectivity index (χ0) is 11.8. The molecule has 1 fully saturated rings. The largest absolute Gasteiger partial charge is 0.390 e. The topological polar surface area (TPSA) is 69.9 Å². The van der Waals surface area contributed by atoms with Crippen molar-refractivity contribution in [1.82, 2.24) is 14.7 Å². The van der Waals surface area contributed by atoms with Crippen LogP contribution in [0.15, 0.2) is 11.6 Å². The first-order valence-corrected chi connectivity index (χ1v) is 6.24. The molecule has 7 heteroatoms. The summed E-state index contributed by atoms with van der Waals surface area (Å²) < 4.78 is 1.87. The summed E-state index contributed by atoms with van der Waals surface area (Å²) in [7, 11) is 0. The van der Waals surface area contributed by atoms with Crippen LogP contribution in [0.4, 0.5) is 5.82 Å². The van der Waals surface area contributed by atoms with Crippen molar-refractivity contribution in [3.8, 4) is 0 Å². The number of hydrogen-bond acceptors (Lipinski definition) is 5. The standard InChI is InChI=1S/C10H12N4O2S/c15-6-7-9(12-10-14(7)3-4-17-10)13-2-1-11-8(16)5-13/h3-4,15H,1-2,5-6H2,(H,11,16). The van der Waals surface area contributed by atoms with Crippen LogP contribution in [-0.2, 0) is 11.4 Å². The Morgan fingerprint density at radius 2 is 2.47 bits per heavy atom. The minimum Gasteiger partial charge on any atom is -0.390 e. The molecular formula is C10H12N4O2S. The number of hydrogen-bond donors (Lipinski definition) is 2. The molecule has 6 nitrogen and oxygen atoms in total.